The minimum Gasteiger partial charge on any atom is -0.379 e. The third-order valence-electron chi connectivity index (χ3n) is 5.24. The number of aryl methyl sites for hydroxylation is 3. The van der Waals surface area contributed by atoms with E-state index in [2.05, 4.69) is 14.9 Å². The lowest BCUT2D eigenvalue weighted by molar-refractivity contribution is 0.134. The molecule has 148 valence electrons. The maximum absolute atomic E-state index is 12.3. The Hall–Kier alpha value is -2.58. The van der Waals surface area contributed by atoms with E-state index in [9.17, 15) is 4.79 Å². The Kier molecular flexibility index (Phi) is 4.76. The molecular weight excluding hydrogens is 380 g/mol. The molecule has 0 unspecified atom stereocenters. The summed E-state index contributed by atoms with van der Waals surface area (Å²) in [5.74, 6) is 0.990. The van der Waals surface area contributed by atoms with Crippen LogP contribution < -0.4 is 16.3 Å². The second-order valence-corrected chi connectivity index (χ2v) is 7.53. The fraction of sp³-hybridized carbons (Fsp3) is 0.421. The molecule has 0 aliphatic carbocycles. The summed E-state index contributed by atoms with van der Waals surface area (Å²) in [5, 5.41) is 0.591. The Bertz CT molecular complexity index is 1090. The van der Waals surface area contributed by atoms with Crippen LogP contribution in [0.4, 0.5) is 11.8 Å². The zero-order chi connectivity index (χ0) is 20.0. The van der Waals surface area contributed by atoms with Gasteiger partial charge in [-0.05, 0) is 31.0 Å². The van der Waals surface area contributed by atoms with Gasteiger partial charge in [0.2, 0.25) is 5.95 Å². The maximum Gasteiger partial charge on any atom is 0.328 e. The minimum atomic E-state index is -0.150. The Morgan fingerprint density at radius 1 is 1.18 bits per heavy atom. The highest BCUT2D eigenvalue weighted by atomic mass is 35.5. The van der Waals surface area contributed by atoms with Crippen LogP contribution in [-0.2, 0) is 18.8 Å². The van der Waals surface area contributed by atoms with Crippen molar-refractivity contribution in [1.82, 2.24) is 19.1 Å². The summed E-state index contributed by atoms with van der Waals surface area (Å²) in [6.07, 6.45) is 0.864. The van der Waals surface area contributed by atoms with Crippen LogP contribution in [0.3, 0.4) is 0 Å². The molecule has 1 fully saturated rings. The zero-order valence-corrected chi connectivity index (χ0v) is 16.9. The number of hydrogen-bond acceptors (Lipinski definition) is 6. The van der Waals surface area contributed by atoms with Gasteiger partial charge in [0.15, 0.2) is 0 Å². The molecule has 8 nitrogen and oxygen atoms in total. The number of rotatable bonds is 2. The van der Waals surface area contributed by atoms with Crippen molar-refractivity contribution < 1.29 is 4.74 Å². The molecule has 0 amide bonds. The molecule has 3 heterocycles. The van der Waals surface area contributed by atoms with Crippen molar-refractivity contribution >= 4 is 34.4 Å². The summed E-state index contributed by atoms with van der Waals surface area (Å²) in [6.45, 7) is 3.78. The lowest BCUT2D eigenvalue weighted by Gasteiger charge is -2.31. The lowest BCUT2D eigenvalue weighted by atomic mass is 10.0. The first-order valence-electron chi connectivity index (χ1n) is 9.17. The standard InChI is InChI=1S/C19H23ClN6O2/c1-11-7-17(23-18(21)22-11)26-5-4-6-28-10-16(26)12-8-14-15(9-13(12)20)25(3)19(27)24(14)2/h7-9,16H,4-6,10H2,1-3H3,(H2,21,22,23)/t16-/m1/s1. The van der Waals surface area contributed by atoms with E-state index in [1.54, 1.807) is 23.2 Å². The van der Waals surface area contributed by atoms with Gasteiger partial charge in [-0.15, -0.1) is 0 Å². The molecule has 2 N–H and O–H groups in total. The van der Waals surface area contributed by atoms with Gasteiger partial charge in [-0.25, -0.2) is 9.78 Å². The Morgan fingerprint density at radius 2 is 1.89 bits per heavy atom. The van der Waals surface area contributed by atoms with E-state index in [0.717, 1.165) is 41.1 Å². The molecule has 4 rings (SSSR count). The highest BCUT2D eigenvalue weighted by Crippen LogP contribution is 2.35. The average molecular weight is 403 g/mol. The van der Waals surface area contributed by atoms with Crippen LogP contribution >= 0.6 is 11.6 Å². The molecular formula is C19H23ClN6O2. The van der Waals surface area contributed by atoms with Crippen molar-refractivity contribution in [3.05, 3.63) is 45.0 Å². The first-order valence-corrected chi connectivity index (χ1v) is 9.55. The van der Waals surface area contributed by atoms with Crippen LogP contribution in [0, 0.1) is 6.92 Å². The van der Waals surface area contributed by atoms with Gasteiger partial charge < -0.3 is 15.4 Å². The number of imidazole rings is 1. The Labute approximate surface area is 167 Å². The molecule has 0 saturated carbocycles. The van der Waals surface area contributed by atoms with Gasteiger partial charge in [0.25, 0.3) is 0 Å². The van der Waals surface area contributed by atoms with E-state index < -0.39 is 0 Å². The first-order chi connectivity index (χ1) is 13.4. The third-order valence-corrected chi connectivity index (χ3v) is 5.57. The van der Waals surface area contributed by atoms with E-state index in [1.165, 1.54) is 0 Å². The summed E-state index contributed by atoms with van der Waals surface area (Å²) in [4.78, 5) is 23.1. The number of nitrogens with zero attached hydrogens (tertiary/aromatic N) is 5. The van der Waals surface area contributed by atoms with Crippen molar-refractivity contribution in [3.8, 4) is 0 Å². The smallest absolute Gasteiger partial charge is 0.328 e. The first kappa shape index (κ1) is 18.8. The van der Waals surface area contributed by atoms with Crippen LogP contribution in [-0.4, -0.2) is 38.9 Å². The summed E-state index contributed by atoms with van der Waals surface area (Å²) in [6, 6.07) is 5.58. The number of benzene rings is 1. The Balaban J connectivity index is 1.87. The maximum atomic E-state index is 12.3. The molecule has 9 heteroatoms. The molecule has 0 radical (unpaired) electrons. The van der Waals surface area contributed by atoms with E-state index in [-0.39, 0.29) is 17.7 Å². The van der Waals surface area contributed by atoms with Crippen molar-refractivity contribution in [3.63, 3.8) is 0 Å². The summed E-state index contributed by atoms with van der Waals surface area (Å²) in [7, 11) is 3.51. The van der Waals surface area contributed by atoms with Gasteiger partial charge in [-0.2, -0.15) is 4.98 Å². The molecule has 1 aliphatic rings. The molecule has 0 spiro atoms. The zero-order valence-electron chi connectivity index (χ0n) is 16.1. The van der Waals surface area contributed by atoms with Crippen molar-refractivity contribution in [2.24, 2.45) is 14.1 Å². The molecule has 1 aromatic carbocycles. The van der Waals surface area contributed by atoms with Gasteiger partial charge in [0.1, 0.15) is 5.82 Å². The number of hydrogen-bond donors (Lipinski definition) is 1. The van der Waals surface area contributed by atoms with E-state index >= 15 is 0 Å². The summed E-state index contributed by atoms with van der Waals surface area (Å²) in [5.41, 5.74) is 9.12. The van der Waals surface area contributed by atoms with Crippen LogP contribution in [0.1, 0.15) is 23.7 Å². The summed E-state index contributed by atoms with van der Waals surface area (Å²) < 4.78 is 9.08. The third kappa shape index (κ3) is 3.12. The highest BCUT2D eigenvalue weighted by Gasteiger charge is 2.28. The lowest BCUT2D eigenvalue weighted by Crippen LogP contribution is -2.32. The quantitative estimate of drug-likeness (QED) is 0.706. The van der Waals surface area contributed by atoms with Crippen LogP contribution in [0.5, 0.6) is 0 Å². The van der Waals surface area contributed by atoms with Gasteiger partial charge in [0.05, 0.1) is 23.7 Å². The molecule has 1 aliphatic heterocycles. The number of fused-ring (bicyclic) bond motifs is 1. The number of nitrogens with two attached hydrogens (primary N) is 1. The van der Waals surface area contributed by atoms with Gasteiger partial charge in [0, 0.05) is 44.0 Å². The van der Waals surface area contributed by atoms with Crippen LogP contribution in [0.2, 0.25) is 5.02 Å². The molecule has 2 aromatic heterocycles. The fourth-order valence-electron chi connectivity index (χ4n) is 3.82. The minimum absolute atomic E-state index is 0.0867. The van der Waals surface area contributed by atoms with E-state index in [4.69, 9.17) is 22.1 Å². The Morgan fingerprint density at radius 3 is 2.61 bits per heavy atom. The number of anilines is 2. The largest absolute Gasteiger partial charge is 0.379 e. The number of halogens is 1. The molecule has 0 bridgehead atoms. The van der Waals surface area contributed by atoms with Crippen molar-refractivity contribution in [2.75, 3.05) is 30.4 Å². The second-order valence-electron chi connectivity index (χ2n) is 7.13. The van der Waals surface area contributed by atoms with Crippen molar-refractivity contribution in [1.29, 1.82) is 0 Å². The number of nitrogen functional groups attached to an aromatic ring is 1. The predicted molar refractivity (Wildman–Crippen MR) is 110 cm³/mol. The van der Waals surface area contributed by atoms with Crippen LogP contribution in [0.15, 0.2) is 23.0 Å². The topological polar surface area (TPSA) is 91.2 Å². The highest BCUT2D eigenvalue weighted by molar-refractivity contribution is 6.32. The normalized spacial score (nSPS) is 17.9. The van der Waals surface area contributed by atoms with Gasteiger partial charge in [-0.1, -0.05) is 11.6 Å². The monoisotopic (exact) mass is 402 g/mol. The molecule has 3 aromatic rings. The van der Waals surface area contributed by atoms with Gasteiger partial charge >= 0.3 is 5.69 Å². The molecule has 28 heavy (non-hydrogen) atoms. The SMILES string of the molecule is Cc1cc(N2CCCOC[C@@H]2c2cc3c(cc2Cl)n(C)c(=O)n3C)nc(N)n1. The van der Waals surface area contributed by atoms with E-state index in [0.29, 0.717) is 18.2 Å². The van der Waals surface area contributed by atoms with Crippen molar-refractivity contribution in [2.45, 2.75) is 19.4 Å². The predicted octanol–water partition coefficient (Wildman–Crippen LogP) is 2.18. The summed E-state index contributed by atoms with van der Waals surface area (Å²) >= 11 is 6.67. The molecule has 1 atom stereocenters. The fourth-order valence-corrected chi connectivity index (χ4v) is 4.11. The number of aromatic nitrogens is 4. The second kappa shape index (κ2) is 7.10. The molecule has 1 saturated heterocycles. The number of ether oxygens (including phenoxy) is 1. The van der Waals surface area contributed by atoms with Crippen LogP contribution in [0.25, 0.3) is 11.0 Å². The average Bonchev–Trinajstić information content (AvgIpc) is 2.84. The van der Waals surface area contributed by atoms with Gasteiger partial charge in [-0.3, -0.25) is 9.13 Å². The van der Waals surface area contributed by atoms with E-state index in [1.807, 2.05) is 25.1 Å².